The molecule has 0 atom stereocenters. The average Bonchev–Trinajstić information content (AvgIpc) is 3.33. The molecule has 3 aromatic carbocycles. The van der Waals surface area contributed by atoms with Gasteiger partial charge in [-0.05, 0) is 61.7 Å². The number of alkyl halides is 2. The fraction of sp³-hybridized carbons (Fsp3) is 0.333. The van der Waals surface area contributed by atoms with Gasteiger partial charge in [-0.2, -0.15) is 8.78 Å². The van der Waals surface area contributed by atoms with E-state index >= 15 is 0 Å². The SMILES string of the molecule is C=C(C)C(=O)CC(=O)OCC(F)(F)S(=O)(=O)[O-].COCCOCCOc1c(C)cc(-[s+]2c3ccccc3c3ccccc32)cc1C. The minimum absolute atomic E-state index is 0.0187. The molecule has 0 saturated carbocycles. The zero-order chi connectivity index (χ0) is 34.1. The Bertz CT molecular complexity index is 1740. The smallest absolute Gasteiger partial charge is 0.367 e. The van der Waals surface area contributed by atoms with Gasteiger partial charge in [-0.25, -0.2) is 8.42 Å². The van der Waals surface area contributed by atoms with Gasteiger partial charge in [0, 0.05) is 40.5 Å². The molecule has 0 saturated heterocycles. The molecule has 1 heterocycles. The average molecular weight is 679 g/mol. The zero-order valence-corrected chi connectivity index (χ0v) is 27.6. The minimum Gasteiger partial charge on any atom is -0.743 e. The summed E-state index contributed by atoms with van der Waals surface area (Å²) in [6, 6.07) is 22.1. The number of ether oxygens (including phenoxy) is 4. The van der Waals surface area contributed by atoms with E-state index in [-0.39, 0.29) is 16.0 Å². The van der Waals surface area contributed by atoms with Gasteiger partial charge < -0.3 is 23.5 Å². The van der Waals surface area contributed by atoms with E-state index in [1.54, 1.807) is 7.11 Å². The van der Waals surface area contributed by atoms with Crippen LogP contribution in [0.1, 0.15) is 24.5 Å². The first kappa shape index (κ1) is 36.7. The Morgan fingerprint density at radius 1 is 0.913 bits per heavy atom. The number of fused-ring (bicyclic) bond motifs is 3. The summed E-state index contributed by atoms with van der Waals surface area (Å²) in [5.74, 6) is -1.13. The van der Waals surface area contributed by atoms with Gasteiger partial charge in [-0.3, -0.25) is 9.59 Å². The number of thiophene rings is 1. The monoisotopic (exact) mass is 678 g/mol. The molecule has 1 aromatic heterocycles. The molecule has 0 aliphatic rings. The fourth-order valence-corrected chi connectivity index (χ4v) is 7.14. The summed E-state index contributed by atoms with van der Waals surface area (Å²) in [6.45, 7) is 9.17. The predicted octanol–water partition coefficient (Wildman–Crippen LogP) is 6.59. The number of hydrogen-bond acceptors (Lipinski definition) is 9. The Balaban J connectivity index is 0.000000292. The van der Waals surface area contributed by atoms with E-state index in [1.165, 1.54) is 43.1 Å². The lowest BCUT2D eigenvalue weighted by Crippen LogP contribution is -2.35. The Morgan fingerprint density at radius 2 is 1.43 bits per heavy atom. The lowest BCUT2D eigenvalue weighted by molar-refractivity contribution is -0.151. The summed E-state index contributed by atoms with van der Waals surface area (Å²) >= 11 is 0. The normalized spacial score (nSPS) is 11.6. The number of aryl methyl sites for hydroxylation is 2. The van der Waals surface area contributed by atoms with Crippen molar-refractivity contribution < 1.29 is 50.3 Å². The molecule has 9 nitrogen and oxygen atoms in total. The van der Waals surface area contributed by atoms with Gasteiger partial charge in [-0.1, -0.05) is 30.8 Å². The van der Waals surface area contributed by atoms with Crippen LogP contribution in [0.25, 0.3) is 25.1 Å². The van der Waals surface area contributed by atoms with Crippen molar-refractivity contribution >= 4 is 52.5 Å². The standard InChI is InChI=1S/C25H27O3S.C8H10F2O6S/c1-18-16-20(17-19(2)25(18)28-15-14-27-13-12-26-3)29-23-10-6-4-8-21(23)22-9-5-7-11-24(22)29;1-5(2)6(11)3-7(12)16-4-8(9,10)17(13,14)15/h4-11,16-17H,12-15H2,1-3H3;1,3-4H2,2H3,(H,13,14,15)/q+1;/p-1. The number of allylic oxidation sites excluding steroid dienone is 1. The Labute approximate surface area is 269 Å². The van der Waals surface area contributed by atoms with Crippen molar-refractivity contribution in [2.45, 2.75) is 32.4 Å². The van der Waals surface area contributed by atoms with E-state index in [2.05, 4.69) is 85.8 Å². The van der Waals surface area contributed by atoms with Crippen LogP contribution in [0.2, 0.25) is 0 Å². The zero-order valence-electron chi connectivity index (χ0n) is 26.0. The van der Waals surface area contributed by atoms with Crippen LogP contribution in [0.3, 0.4) is 0 Å². The van der Waals surface area contributed by atoms with E-state index in [0.717, 1.165) is 5.75 Å². The highest BCUT2D eigenvalue weighted by atomic mass is 32.2. The van der Waals surface area contributed by atoms with Crippen LogP contribution in [0.15, 0.2) is 72.8 Å². The Hall–Kier alpha value is -3.75. The lowest BCUT2D eigenvalue weighted by atomic mass is 10.1. The number of Topliss-reactive ketones (excluding diaryl/α,β-unsaturated/α-hetero) is 1. The summed E-state index contributed by atoms with van der Waals surface area (Å²) in [5.41, 5.74) is 2.36. The Kier molecular flexibility index (Phi) is 12.9. The van der Waals surface area contributed by atoms with Crippen LogP contribution in [0.5, 0.6) is 5.75 Å². The first-order valence-electron chi connectivity index (χ1n) is 14.1. The van der Waals surface area contributed by atoms with Gasteiger partial charge in [-0.15, -0.1) is 0 Å². The van der Waals surface area contributed by atoms with Gasteiger partial charge in [0.15, 0.2) is 36.8 Å². The number of methoxy groups -OCH3 is 1. The van der Waals surface area contributed by atoms with Gasteiger partial charge >= 0.3 is 11.2 Å². The van der Waals surface area contributed by atoms with Crippen LogP contribution in [-0.2, 0) is 33.9 Å². The maximum Gasteiger partial charge on any atom is 0.367 e. The number of halogens is 2. The maximum atomic E-state index is 12.5. The van der Waals surface area contributed by atoms with Crippen molar-refractivity contribution in [3.63, 3.8) is 0 Å². The van der Waals surface area contributed by atoms with Crippen molar-refractivity contribution in [2.24, 2.45) is 0 Å². The summed E-state index contributed by atoms with van der Waals surface area (Å²) < 4.78 is 78.3. The number of ketones is 1. The van der Waals surface area contributed by atoms with Crippen molar-refractivity contribution in [1.29, 1.82) is 0 Å². The predicted molar refractivity (Wildman–Crippen MR) is 173 cm³/mol. The van der Waals surface area contributed by atoms with Crippen molar-refractivity contribution in [1.82, 2.24) is 0 Å². The van der Waals surface area contributed by atoms with E-state index < -0.39 is 40.2 Å². The van der Waals surface area contributed by atoms with E-state index in [9.17, 15) is 31.3 Å². The fourth-order valence-electron chi connectivity index (χ4n) is 4.38. The highest BCUT2D eigenvalue weighted by Gasteiger charge is 2.39. The van der Waals surface area contributed by atoms with Crippen molar-refractivity contribution in [2.75, 3.05) is 40.1 Å². The summed E-state index contributed by atoms with van der Waals surface area (Å²) in [6.07, 6.45) is -0.843. The highest BCUT2D eigenvalue weighted by molar-refractivity contribution is 7.86. The molecule has 0 bridgehead atoms. The number of hydrogen-bond donors (Lipinski definition) is 0. The van der Waals surface area contributed by atoms with Crippen LogP contribution in [0, 0.1) is 13.8 Å². The molecule has 0 fully saturated rings. The number of carbonyl (C=O) groups is 2. The number of esters is 1. The van der Waals surface area contributed by atoms with Crippen LogP contribution in [-0.4, -0.2) is 70.1 Å². The molecule has 4 aromatic rings. The molecular formula is C33H36F2O9S2. The second-order valence-electron chi connectivity index (χ2n) is 10.3. The maximum absolute atomic E-state index is 12.5. The molecule has 248 valence electrons. The van der Waals surface area contributed by atoms with Gasteiger partial charge in [0.1, 0.15) is 18.8 Å². The molecular weight excluding hydrogens is 642 g/mol. The minimum atomic E-state index is -5.91. The van der Waals surface area contributed by atoms with Crippen LogP contribution >= 0.6 is 10.5 Å². The lowest BCUT2D eigenvalue weighted by Gasteiger charge is -2.19. The first-order chi connectivity index (χ1) is 21.7. The molecule has 4 rings (SSSR count). The van der Waals surface area contributed by atoms with Crippen LogP contribution in [0.4, 0.5) is 8.78 Å². The Morgan fingerprint density at radius 3 is 1.93 bits per heavy atom. The topological polar surface area (TPSA) is 128 Å². The second-order valence-corrected chi connectivity index (χ2v) is 13.7. The van der Waals surface area contributed by atoms with Gasteiger partial charge in [0.25, 0.3) is 0 Å². The summed E-state index contributed by atoms with van der Waals surface area (Å²) in [4.78, 5) is 23.1. The van der Waals surface area contributed by atoms with E-state index in [1.807, 2.05) is 0 Å². The highest BCUT2D eigenvalue weighted by Crippen LogP contribution is 2.49. The molecule has 0 radical (unpaired) electrons. The third-order valence-electron chi connectivity index (χ3n) is 6.63. The number of rotatable bonds is 14. The molecule has 0 aliphatic heterocycles. The largest absolute Gasteiger partial charge is 0.743 e. The number of benzene rings is 3. The van der Waals surface area contributed by atoms with E-state index in [4.69, 9.17) is 14.2 Å². The molecule has 46 heavy (non-hydrogen) atoms. The molecule has 0 amide bonds. The van der Waals surface area contributed by atoms with Crippen molar-refractivity contribution in [3.8, 4) is 10.6 Å². The molecule has 13 heteroatoms. The summed E-state index contributed by atoms with van der Waals surface area (Å²) in [5, 5.41) is -2.00. The molecule has 0 aliphatic carbocycles. The quantitative estimate of drug-likeness (QED) is 0.0362. The molecule has 0 spiro atoms. The molecule has 0 unspecified atom stereocenters. The number of carbonyl (C=O) groups excluding carboxylic acids is 2. The summed E-state index contributed by atoms with van der Waals surface area (Å²) in [7, 11) is -4.30. The van der Waals surface area contributed by atoms with Crippen molar-refractivity contribution in [3.05, 3.63) is 83.9 Å². The second kappa shape index (κ2) is 16.2. The van der Waals surface area contributed by atoms with Gasteiger partial charge in [0.2, 0.25) is 0 Å². The van der Waals surface area contributed by atoms with Gasteiger partial charge in [0.05, 0.1) is 19.8 Å². The first-order valence-corrected chi connectivity index (χ1v) is 16.7. The third kappa shape index (κ3) is 9.39. The van der Waals surface area contributed by atoms with Crippen LogP contribution < -0.4 is 4.74 Å². The third-order valence-corrected chi connectivity index (χ3v) is 9.78. The van der Waals surface area contributed by atoms with E-state index in [0.29, 0.717) is 26.4 Å². The molecule has 0 N–H and O–H groups in total.